The second-order valence-electron chi connectivity index (χ2n) is 3.43. The van der Waals surface area contributed by atoms with E-state index in [-0.39, 0.29) is 17.5 Å². The lowest BCUT2D eigenvalue weighted by Crippen LogP contribution is -2.29. The van der Waals surface area contributed by atoms with E-state index in [2.05, 4.69) is 9.82 Å². The number of hydrogen-bond acceptors (Lipinski definition) is 5. The average molecular weight is 211 g/mol. The van der Waals surface area contributed by atoms with Gasteiger partial charge < -0.3 is 9.57 Å². The summed E-state index contributed by atoms with van der Waals surface area (Å²) < 4.78 is 6.83. The number of hydrogen-bond donors (Lipinski definition) is 1. The highest BCUT2D eigenvalue weighted by Crippen LogP contribution is 2.18. The van der Waals surface area contributed by atoms with Crippen molar-refractivity contribution in [2.45, 2.75) is 18.9 Å². The summed E-state index contributed by atoms with van der Waals surface area (Å²) in [6, 6.07) is 1.46. The Balaban J connectivity index is 2.24. The van der Waals surface area contributed by atoms with Crippen LogP contribution in [-0.4, -0.2) is 22.8 Å². The quantitative estimate of drug-likeness (QED) is 0.688. The molecular weight excluding hydrogens is 198 g/mol. The average Bonchev–Trinajstić information content (AvgIpc) is 2.30. The Morgan fingerprint density at radius 3 is 2.87 bits per heavy atom. The van der Waals surface area contributed by atoms with E-state index in [9.17, 15) is 4.79 Å². The van der Waals surface area contributed by atoms with Crippen molar-refractivity contribution in [2.75, 3.05) is 13.2 Å². The normalized spacial score (nSPS) is 17.7. The summed E-state index contributed by atoms with van der Waals surface area (Å²) in [6.45, 7) is 1.37. The van der Waals surface area contributed by atoms with Gasteiger partial charge in [0, 0.05) is 19.3 Å². The number of aromatic nitrogens is 2. The molecule has 1 aromatic rings. The molecule has 1 saturated heterocycles. The predicted molar refractivity (Wildman–Crippen MR) is 52.4 cm³/mol. The largest absolute Gasteiger partial charge is 0.391 e. The van der Waals surface area contributed by atoms with Crippen LogP contribution in [0.1, 0.15) is 18.9 Å². The Kier molecular flexibility index (Phi) is 2.98. The Morgan fingerprint density at radius 2 is 2.27 bits per heavy atom. The third-order valence-electron chi connectivity index (χ3n) is 2.52. The molecule has 15 heavy (non-hydrogen) atoms. The molecule has 1 aliphatic heterocycles. The molecule has 0 spiro atoms. The second-order valence-corrected chi connectivity index (χ2v) is 3.43. The first-order valence-corrected chi connectivity index (χ1v) is 4.84. The molecule has 0 atom stereocenters. The molecule has 0 unspecified atom stereocenters. The maximum absolute atomic E-state index is 11.6. The van der Waals surface area contributed by atoms with E-state index in [1.54, 1.807) is 4.57 Å². The van der Waals surface area contributed by atoms with Gasteiger partial charge in [-0.1, -0.05) is 0 Å². The number of ether oxygens (including phenoxy) is 1. The van der Waals surface area contributed by atoms with Crippen molar-refractivity contribution in [2.24, 2.45) is 5.90 Å². The van der Waals surface area contributed by atoms with Crippen molar-refractivity contribution in [3.8, 4) is 5.88 Å². The van der Waals surface area contributed by atoms with Crippen LogP contribution in [0.5, 0.6) is 5.88 Å². The Labute approximate surface area is 86.6 Å². The molecule has 0 amide bonds. The molecule has 2 N–H and O–H groups in total. The second kappa shape index (κ2) is 4.41. The van der Waals surface area contributed by atoms with Gasteiger partial charge in [0.2, 0.25) is 5.88 Å². The standard InChI is InChI=1S/C9H13N3O3/c10-15-8-5-9(13)12(6-11-8)7-1-3-14-4-2-7/h5-7H,1-4,10H2. The van der Waals surface area contributed by atoms with Gasteiger partial charge in [0.05, 0.1) is 6.07 Å². The molecule has 2 heterocycles. The first-order chi connectivity index (χ1) is 7.31. The van der Waals surface area contributed by atoms with Gasteiger partial charge in [0.25, 0.3) is 5.56 Å². The first kappa shape index (κ1) is 10.1. The molecule has 2 rings (SSSR count). The van der Waals surface area contributed by atoms with E-state index in [0.717, 1.165) is 12.8 Å². The smallest absolute Gasteiger partial charge is 0.257 e. The fourth-order valence-electron chi connectivity index (χ4n) is 1.70. The maximum atomic E-state index is 11.6. The third kappa shape index (κ3) is 2.16. The molecule has 1 aromatic heterocycles. The molecule has 0 radical (unpaired) electrons. The summed E-state index contributed by atoms with van der Waals surface area (Å²) in [5, 5.41) is 0. The first-order valence-electron chi connectivity index (χ1n) is 4.84. The van der Waals surface area contributed by atoms with Gasteiger partial charge in [-0.3, -0.25) is 9.36 Å². The zero-order valence-electron chi connectivity index (χ0n) is 8.26. The molecule has 6 nitrogen and oxygen atoms in total. The van der Waals surface area contributed by atoms with E-state index < -0.39 is 0 Å². The molecule has 0 aromatic carbocycles. The van der Waals surface area contributed by atoms with Crippen LogP contribution in [0.2, 0.25) is 0 Å². The fraction of sp³-hybridized carbons (Fsp3) is 0.556. The highest BCUT2D eigenvalue weighted by Gasteiger charge is 2.16. The molecule has 1 fully saturated rings. The van der Waals surface area contributed by atoms with Gasteiger partial charge >= 0.3 is 0 Å². The maximum Gasteiger partial charge on any atom is 0.257 e. The highest BCUT2D eigenvalue weighted by atomic mass is 16.6. The Morgan fingerprint density at radius 1 is 1.53 bits per heavy atom. The van der Waals surface area contributed by atoms with E-state index >= 15 is 0 Å². The van der Waals surface area contributed by atoms with Crippen LogP contribution >= 0.6 is 0 Å². The van der Waals surface area contributed by atoms with E-state index in [1.165, 1.54) is 12.4 Å². The van der Waals surface area contributed by atoms with Crippen LogP contribution in [0.3, 0.4) is 0 Å². The summed E-state index contributed by atoms with van der Waals surface area (Å²) in [5.74, 6) is 5.06. The van der Waals surface area contributed by atoms with Gasteiger partial charge in [0.15, 0.2) is 0 Å². The van der Waals surface area contributed by atoms with Crippen LogP contribution in [0.15, 0.2) is 17.2 Å². The van der Waals surface area contributed by atoms with Crippen LogP contribution in [0.4, 0.5) is 0 Å². The monoisotopic (exact) mass is 211 g/mol. The summed E-state index contributed by atoms with van der Waals surface area (Å²) in [6.07, 6.45) is 3.15. The van der Waals surface area contributed by atoms with E-state index in [4.69, 9.17) is 10.6 Å². The molecule has 0 aliphatic carbocycles. The van der Waals surface area contributed by atoms with Crippen molar-refractivity contribution < 1.29 is 9.57 Å². The van der Waals surface area contributed by atoms with Gasteiger partial charge in [-0.25, -0.2) is 4.98 Å². The fourth-order valence-corrected chi connectivity index (χ4v) is 1.70. The zero-order valence-corrected chi connectivity index (χ0v) is 8.26. The number of nitrogens with two attached hydrogens (primary N) is 1. The number of rotatable bonds is 2. The Bertz CT molecular complexity index is 384. The predicted octanol–water partition coefficient (Wildman–Crippen LogP) is -0.153. The minimum absolute atomic E-state index is 0.141. The lowest BCUT2D eigenvalue weighted by Gasteiger charge is -2.23. The zero-order chi connectivity index (χ0) is 10.7. The van der Waals surface area contributed by atoms with Crippen molar-refractivity contribution in [1.29, 1.82) is 0 Å². The van der Waals surface area contributed by atoms with Gasteiger partial charge in [0.1, 0.15) is 6.33 Å². The van der Waals surface area contributed by atoms with Gasteiger partial charge in [-0.15, -0.1) is 0 Å². The van der Waals surface area contributed by atoms with Crippen molar-refractivity contribution in [1.82, 2.24) is 9.55 Å². The molecule has 1 aliphatic rings. The van der Waals surface area contributed by atoms with Gasteiger partial charge in [-0.2, -0.15) is 5.90 Å². The summed E-state index contributed by atoms with van der Waals surface area (Å²) >= 11 is 0. The highest BCUT2D eigenvalue weighted by molar-refractivity contribution is 5.05. The lowest BCUT2D eigenvalue weighted by molar-refractivity contribution is 0.0682. The SMILES string of the molecule is NOc1cc(=O)n(C2CCOCC2)cn1. The Hall–Kier alpha value is -1.40. The van der Waals surface area contributed by atoms with Crippen LogP contribution in [-0.2, 0) is 4.74 Å². The van der Waals surface area contributed by atoms with Crippen molar-refractivity contribution in [3.05, 3.63) is 22.7 Å². The van der Waals surface area contributed by atoms with Crippen LogP contribution in [0, 0.1) is 0 Å². The third-order valence-corrected chi connectivity index (χ3v) is 2.52. The van der Waals surface area contributed by atoms with Crippen molar-refractivity contribution in [3.63, 3.8) is 0 Å². The van der Waals surface area contributed by atoms with Crippen molar-refractivity contribution >= 4 is 0 Å². The molecule has 0 bridgehead atoms. The molecule has 0 saturated carbocycles. The molecule has 6 heteroatoms. The molecular formula is C9H13N3O3. The van der Waals surface area contributed by atoms with Gasteiger partial charge in [-0.05, 0) is 12.8 Å². The van der Waals surface area contributed by atoms with E-state index in [0.29, 0.717) is 13.2 Å². The summed E-state index contributed by atoms with van der Waals surface area (Å²) in [5.41, 5.74) is -0.141. The summed E-state index contributed by atoms with van der Waals surface area (Å²) in [7, 11) is 0. The minimum atomic E-state index is -0.141. The number of nitrogens with zero attached hydrogens (tertiary/aromatic N) is 2. The van der Waals surface area contributed by atoms with E-state index in [1.807, 2.05) is 0 Å². The molecule has 82 valence electrons. The van der Waals surface area contributed by atoms with Crippen LogP contribution in [0.25, 0.3) is 0 Å². The topological polar surface area (TPSA) is 79.4 Å². The summed E-state index contributed by atoms with van der Waals surface area (Å²) in [4.78, 5) is 19.9. The van der Waals surface area contributed by atoms with Crippen LogP contribution < -0.4 is 16.3 Å². The lowest BCUT2D eigenvalue weighted by atomic mass is 10.1. The minimum Gasteiger partial charge on any atom is -0.391 e.